The van der Waals surface area contributed by atoms with Gasteiger partial charge in [-0.05, 0) is 6.54 Å². The molecule has 1 saturated heterocycles. The Morgan fingerprint density at radius 3 is 3.10 bits per heavy atom. The van der Waals surface area contributed by atoms with Gasteiger partial charge in [0.25, 0.3) is 0 Å². The van der Waals surface area contributed by atoms with Gasteiger partial charge in [0, 0.05) is 25.7 Å². The molecule has 1 atom stereocenters. The third kappa shape index (κ3) is 1.94. The summed E-state index contributed by atoms with van der Waals surface area (Å²) in [6, 6.07) is 0.300. The highest BCUT2D eigenvalue weighted by molar-refractivity contribution is 4.76. The summed E-state index contributed by atoms with van der Waals surface area (Å²) in [4.78, 5) is 2.34. The van der Waals surface area contributed by atoms with Gasteiger partial charge in [0.05, 0.1) is 6.61 Å². The maximum atomic E-state index is 8.82. The van der Waals surface area contributed by atoms with Crippen LogP contribution >= 0.6 is 0 Å². The molecule has 0 aromatic heterocycles. The fraction of sp³-hybridized carbons (Fsp3) is 1.00. The van der Waals surface area contributed by atoms with Gasteiger partial charge in [-0.15, -0.1) is 0 Å². The molecule has 1 aliphatic rings. The first-order valence-electron chi connectivity index (χ1n) is 3.93. The predicted molar refractivity (Wildman–Crippen MR) is 41.0 cm³/mol. The minimum atomic E-state index is 0.260. The fourth-order valence-electron chi connectivity index (χ4n) is 1.30. The van der Waals surface area contributed by atoms with Gasteiger partial charge in [0.2, 0.25) is 0 Å². The molecule has 1 rings (SSSR count). The van der Waals surface area contributed by atoms with Crippen LogP contribution in [0.4, 0.5) is 0 Å². The number of hydrogen-bond donors (Lipinski definition) is 2. The lowest BCUT2D eigenvalue weighted by molar-refractivity contribution is 0.153. The molecule has 0 unspecified atom stereocenters. The van der Waals surface area contributed by atoms with Gasteiger partial charge in [-0.25, -0.2) is 0 Å². The summed E-state index contributed by atoms with van der Waals surface area (Å²) >= 11 is 0. The monoisotopic (exact) mass is 144 g/mol. The molecule has 10 heavy (non-hydrogen) atoms. The second-order valence-corrected chi connectivity index (χ2v) is 2.73. The van der Waals surface area contributed by atoms with Crippen LogP contribution < -0.4 is 5.32 Å². The molecule has 0 saturated carbocycles. The minimum Gasteiger partial charge on any atom is -0.395 e. The Hall–Kier alpha value is -0.120. The first-order chi connectivity index (χ1) is 4.86. The Balaban J connectivity index is 2.25. The van der Waals surface area contributed by atoms with Crippen LogP contribution in [0.3, 0.4) is 0 Å². The van der Waals surface area contributed by atoms with Crippen LogP contribution in [-0.4, -0.2) is 48.8 Å². The number of piperazine rings is 1. The topological polar surface area (TPSA) is 35.5 Å². The number of likely N-dealkylation sites (N-methyl/N-ethyl adjacent to an activating group) is 1. The number of aliphatic hydroxyl groups is 1. The van der Waals surface area contributed by atoms with Gasteiger partial charge in [-0.3, -0.25) is 0 Å². The second-order valence-electron chi connectivity index (χ2n) is 2.73. The van der Waals surface area contributed by atoms with Crippen LogP contribution in [0, 0.1) is 0 Å². The lowest BCUT2D eigenvalue weighted by atomic mass is 10.2. The Morgan fingerprint density at radius 1 is 1.70 bits per heavy atom. The summed E-state index contributed by atoms with van der Waals surface area (Å²) in [6.45, 7) is 6.63. The van der Waals surface area contributed by atoms with Crippen molar-refractivity contribution < 1.29 is 5.11 Å². The minimum absolute atomic E-state index is 0.260. The molecule has 0 aliphatic carbocycles. The van der Waals surface area contributed by atoms with E-state index in [2.05, 4.69) is 17.1 Å². The van der Waals surface area contributed by atoms with Crippen molar-refractivity contribution in [3.05, 3.63) is 0 Å². The van der Waals surface area contributed by atoms with Gasteiger partial charge >= 0.3 is 0 Å². The third-order valence-electron chi connectivity index (χ3n) is 2.01. The molecule has 2 N–H and O–H groups in total. The molecule has 0 spiro atoms. The van der Waals surface area contributed by atoms with Crippen molar-refractivity contribution in [2.45, 2.75) is 13.0 Å². The van der Waals surface area contributed by atoms with Crippen LogP contribution in [0.25, 0.3) is 0 Å². The lowest BCUT2D eigenvalue weighted by Crippen LogP contribution is -2.51. The van der Waals surface area contributed by atoms with E-state index >= 15 is 0 Å². The molecule has 0 amide bonds. The van der Waals surface area contributed by atoms with Crippen molar-refractivity contribution in [3.8, 4) is 0 Å². The Bertz CT molecular complexity index is 87.6. The van der Waals surface area contributed by atoms with E-state index in [1.165, 1.54) is 0 Å². The average molecular weight is 144 g/mol. The first-order valence-corrected chi connectivity index (χ1v) is 3.93. The molecular formula is C7H16N2O. The average Bonchev–Trinajstić information content (AvgIpc) is 2.05. The summed E-state index contributed by atoms with van der Waals surface area (Å²) in [5.41, 5.74) is 0. The molecule has 1 heterocycles. The summed E-state index contributed by atoms with van der Waals surface area (Å²) in [6.07, 6.45) is 0. The number of rotatable bonds is 2. The van der Waals surface area contributed by atoms with Crippen LogP contribution in [0.15, 0.2) is 0 Å². The second kappa shape index (κ2) is 3.91. The van der Waals surface area contributed by atoms with Gasteiger partial charge in [-0.1, -0.05) is 6.92 Å². The number of nitrogens with zero attached hydrogens (tertiary/aromatic N) is 1. The third-order valence-corrected chi connectivity index (χ3v) is 2.01. The number of hydrogen-bond acceptors (Lipinski definition) is 3. The van der Waals surface area contributed by atoms with Crippen molar-refractivity contribution in [1.29, 1.82) is 0 Å². The van der Waals surface area contributed by atoms with Crippen molar-refractivity contribution in [2.24, 2.45) is 0 Å². The molecule has 3 nitrogen and oxygen atoms in total. The van der Waals surface area contributed by atoms with Crippen LogP contribution in [0.1, 0.15) is 6.92 Å². The van der Waals surface area contributed by atoms with Gasteiger partial charge < -0.3 is 15.3 Å². The van der Waals surface area contributed by atoms with Crippen LogP contribution in [0.2, 0.25) is 0 Å². The van der Waals surface area contributed by atoms with Gasteiger partial charge in [0.15, 0.2) is 0 Å². The molecule has 60 valence electrons. The molecule has 1 aliphatic heterocycles. The van der Waals surface area contributed by atoms with E-state index in [4.69, 9.17) is 5.11 Å². The predicted octanol–water partition coefficient (Wildman–Crippen LogP) is -0.728. The zero-order valence-corrected chi connectivity index (χ0v) is 6.51. The quantitative estimate of drug-likeness (QED) is 0.536. The largest absolute Gasteiger partial charge is 0.395 e. The Kier molecular flexibility index (Phi) is 3.12. The van der Waals surface area contributed by atoms with E-state index in [0.29, 0.717) is 6.04 Å². The van der Waals surface area contributed by atoms with Crippen molar-refractivity contribution in [1.82, 2.24) is 10.2 Å². The summed E-state index contributed by atoms with van der Waals surface area (Å²) in [7, 11) is 0. The zero-order valence-electron chi connectivity index (χ0n) is 6.51. The normalized spacial score (nSPS) is 28.8. The van der Waals surface area contributed by atoms with Crippen molar-refractivity contribution >= 4 is 0 Å². The first kappa shape index (κ1) is 7.98. The molecule has 3 heteroatoms. The fourth-order valence-corrected chi connectivity index (χ4v) is 1.30. The van der Waals surface area contributed by atoms with Crippen LogP contribution in [0.5, 0.6) is 0 Å². The number of nitrogens with one attached hydrogen (secondary N) is 1. The maximum Gasteiger partial charge on any atom is 0.0597 e. The molecule has 0 aromatic carbocycles. The van der Waals surface area contributed by atoms with Crippen molar-refractivity contribution in [3.63, 3.8) is 0 Å². The SMILES string of the molecule is CCN1CCN[C@@H](CO)C1. The molecule has 1 fully saturated rings. The van der Waals surface area contributed by atoms with Crippen molar-refractivity contribution in [2.75, 3.05) is 32.8 Å². The summed E-state index contributed by atoms with van der Waals surface area (Å²) in [5.74, 6) is 0. The smallest absolute Gasteiger partial charge is 0.0597 e. The van der Waals surface area contributed by atoms with E-state index in [-0.39, 0.29) is 6.61 Å². The zero-order chi connectivity index (χ0) is 7.40. The van der Waals surface area contributed by atoms with E-state index in [1.54, 1.807) is 0 Å². The summed E-state index contributed by atoms with van der Waals surface area (Å²) in [5, 5.41) is 12.1. The van der Waals surface area contributed by atoms with Crippen LogP contribution in [-0.2, 0) is 0 Å². The van der Waals surface area contributed by atoms with E-state index in [0.717, 1.165) is 26.2 Å². The van der Waals surface area contributed by atoms with Gasteiger partial charge in [-0.2, -0.15) is 0 Å². The molecule has 0 bridgehead atoms. The molecule has 0 radical (unpaired) electrons. The van der Waals surface area contributed by atoms with E-state index < -0.39 is 0 Å². The lowest BCUT2D eigenvalue weighted by Gasteiger charge is -2.31. The highest BCUT2D eigenvalue weighted by atomic mass is 16.3. The van der Waals surface area contributed by atoms with E-state index in [1.807, 2.05) is 0 Å². The highest BCUT2D eigenvalue weighted by Crippen LogP contribution is 1.96. The van der Waals surface area contributed by atoms with E-state index in [9.17, 15) is 0 Å². The molecule has 0 aromatic rings. The standard InChI is InChI=1S/C7H16N2O/c1-2-9-4-3-8-7(5-9)6-10/h7-8,10H,2-6H2,1H3/t7-/m1/s1. The Morgan fingerprint density at radius 2 is 2.50 bits per heavy atom. The highest BCUT2D eigenvalue weighted by Gasteiger charge is 2.15. The maximum absolute atomic E-state index is 8.82. The number of aliphatic hydroxyl groups excluding tert-OH is 1. The molecular weight excluding hydrogens is 128 g/mol. The summed E-state index contributed by atoms with van der Waals surface area (Å²) < 4.78 is 0. The van der Waals surface area contributed by atoms with Gasteiger partial charge in [0.1, 0.15) is 0 Å². The Labute approximate surface area is 62.0 Å².